The van der Waals surface area contributed by atoms with E-state index in [9.17, 15) is 19.5 Å². The summed E-state index contributed by atoms with van der Waals surface area (Å²) in [6.45, 7) is 2.39. The maximum absolute atomic E-state index is 13.4. The van der Waals surface area contributed by atoms with Crippen LogP contribution in [-0.2, 0) is 38.5 Å². The van der Waals surface area contributed by atoms with Gasteiger partial charge in [0.1, 0.15) is 11.8 Å². The summed E-state index contributed by atoms with van der Waals surface area (Å²) in [5.74, 6) is -1.87. The van der Waals surface area contributed by atoms with Gasteiger partial charge in [-0.25, -0.2) is 0 Å². The van der Waals surface area contributed by atoms with Gasteiger partial charge in [0, 0.05) is 55.6 Å². The quantitative estimate of drug-likeness (QED) is 0.248. The maximum atomic E-state index is 13.4. The van der Waals surface area contributed by atoms with Crippen molar-refractivity contribution < 1.29 is 34.1 Å². The average molecular weight is 566 g/mol. The highest BCUT2D eigenvalue weighted by Crippen LogP contribution is 2.24. The van der Waals surface area contributed by atoms with Gasteiger partial charge in [-0.2, -0.15) is 0 Å². The molecule has 0 fully saturated rings. The third-order valence-electron chi connectivity index (χ3n) is 7.25. The van der Waals surface area contributed by atoms with Crippen LogP contribution in [0.25, 0.3) is 10.9 Å². The second kappa shape index (κ2) is 15.2. The molecule has 0 saturated heterocycles. The van der Waals surface area contributed by atoms with Gasteiger partial charge in [-0.05, 0) is 48.6 Å². The number of hydrogen-bond donors (Lipinski definition) is 4. The Morgan fingerprint density at radius 2 is 1.93 bits per heavy atom. The van der Waals surface area contributed by atoms with Gasteiger partial charge < -0.3 is 34.9 Å². The number of carboxylic acids is 1. The van der Waals surface area contributed by atoms with Crippen LogP contribution < -0.4 is 15.4 Å². The Labute approximate surface area is 239 Å². The minimum atomic E-state index is -1.06. The van der Waals surface area contributed by atoms with E-state index in [2.05, 4.69) is 15.2 Å². The van der Waals surface area contributed by atoms with E-state index in [0.717, 1.165) is 27.8 Å². The number of amides is 2. The number of nitrogens with zero attached hydrogens (tertiary/aromatic N) is 1. The number of rotatable bonds is 12. The second-order valence-corrected chi connectivity index (χ2v) is 10.3. The van der Waals surface area contributed by atoms with Crippen LogP contribution in [0.1, 0.15) is 36.8 Å². The third kappa shape index (κ3) is 8.80. The fourth-order valence-electron chi connectivity index (χ4n) is 5.12. The summed E-state index contributed by atoms with van der Waals surface area (Å²) in [4.78, 5) is 38.2. The summed E-state index contributed by atoms with van der Waals surface area (Å²) in [7, 11) is 0. The molecule has 1 aliphatic rings. The fraction of sp³-hybridized carbons (Fsp3) is 0.452. The zero-order valence-electron chi connectivity index (χ0n) is 23.2. The van der Waals surface area contributed by atoms with Crippen molar-refractivity contribution in [2.24, 2.45) is 5.92 Å². The molecule has 10 nitrogen and oxygen atoms in total. The van der Waals surface area contributed by atoms with Gasteiger partial charge in [-0.3, -0.25) is 14.4 Å². The van der Waals surface area contributed by atoms with Gasteiger partial charge in [-0.15, -0.1) is 0 Å². The number of fused-ring (bicyclic) bond motifs is 5. The number of carboxylic acid groups (broad SMARTS) is 1. The van der Waals surface area contributed by atoms with Crippen molar-refractivity contribution in [3.8, 4) is 5.75 Å². The molecule has 4 N–H and O–H groups in total. The molecule has 0 radical (unpaired) electrons. The molecule has 2 heterocycles. The molecule has 1 aromatic heterocycles. The highest BCUT2D eigenvalue weighted by atomic mass is 16.5. The van der Waals surface area contributed by atoms with E-state index >= 15 is 0 Å². The number of aliphatic hydroxyl groups excluding tert-OH is 1. The molecule has 4 rings (SSSR count). The largest absolute Gasteiger partial charge is 0.494 e. The minimum absolute atomic E-state index is 0.0774. The van der Waals surface area contributed by atoms with Gasteiger partial charge in [-0.1, -0.05) is 30.3 Å². The summed E-state index contributed by atoms with van der Waals surface area (Å²) in [6.07, 6.45) is 4.19. The molecule has 2 atom stereocenters. The Kier molecular flexibility index (Phi) is 11.2. The van der Waals surface area contributed by atoms with E-state index in [1.165, 1.54) is 0 Å². The second-order valence-electron chi connectivity index (χ2n) is 10.3. The van der Waals surface area contributed by atoms with Crippen molar-refractivity contribution >= 4 is 28.7 Å². The van der Waals surface area contributed by atoms with Crippen LogP contribution in [0, 0.1) is 5.92 Å². The lowest BCUT2D eigenvalue weighted by Gasteiger charge is -2.22. The van der Waals surface area contributed by atoms with Gasteiger partial charge in [0.15, 0.2) is 0 Å². The smallest absolute Gasteiger partial charge is 0.304 e. The average Bonchev–Trinajstić information content (AvgIpc) is 3.31. The molecule has 2 aromatic carbocycles. The number of ether oxygens (including phenoxy) is 2. The number of nitrogens with one attached hydrogen (secondary N) is 2. The first-order valence-electron chi connectivity index (χ1n) is 14.2. The Balaban J connectivity index is 1.42. The monoisotopic (exact) mass is 565 g/mol. The van der Waals surface area contributed by atoms with Crippen LogP contribution in [0.3, 0.4) is 0 Å². The zero-order valence-corrected chi connectivity index (χ0v) is 23.2. The molecule has 220 valence electrons. The summed E-state index contributed by atoms with van der Waals surface area (Å²) in [6, 6.07) is 14.7. The van der Waals surface area contributed by atoms with E-state index in [-0.39, 0.29) is 18.9 Å². The fourth-order valence-corrected chi connectivity index (χ4v) is 5.12. The third-order valence-corrected chi connectivity index (χ3v) is 7.25. The number of aromatic nitrogens is 1. The van der Waals surface area contributed by atoms with E-state index < -0.39 is 23.8 Å². The number of para-hydroxylation sites is 1. The van der Waals surface area contributed by atoms with Crippen LogP contribution in [0.5, 0.6) is 5.75 Å². The van der Waals surface area contributed by atoms with E-state index in [1.54, 1.807) is 0 Å². The number of aliphatic hydroxyl groups is 1. The Hall–Kier alpha value is -3.89. The molecule has 2 amide bonds. The molecule has 0 aliphatic carbocycles. The molecule has 3 aromatic rings. The normalized spacial score (nSPS) is 16.7. The topological polar surface area (TPSA) is 139 Å². The van der Waals surface area contributed by atoms with E-state index in [0.29, 0.717) is 65.0 Å². The van der Waals surface area contributed by atoms with Gasteiger partial charge in [0.05, 0.1) is 26.2 Å². The van der Waals surface area contributed by atoms with E-state index in [1.807, 2.05) is 54.7 Å². The lowest BCUT2D eigenvalue weighted by molar-refractivity contribution is -0.141. The standard InChI is InChI=1S/C31H39N3O7/c35-15-4-16-41-25-11-9-22(10-12-25)5-3-6-23(20-29(36)37)30(38)33-27-19-24-21-34(28-8-2-1-7-26(24)28)14-18-40-17-13-32-31(27)39/h1-2,7-12,21,23,27,35H,3-6,13-20H2,(H,32,39)(H,33,38)(H,36,37)/t23-,27?/m1/s1. The van der Waals surface area contributed by atoms with Gasteiger partial charge in [0.25, 0.3) is 0 Å². The summed E-state index contributed by atoms with van der Waals surface area (Å²) in [5, 5.41) is 25.1. The van der Waals surface area contributed by atoms with Crippen molar-refractivity contribution in [2.75, 3.05) is 33.0 Å². The van der Waals surface area contributed by atoms with Crippen molar-refractivity contribution in [3.63, 3.8) is 0 Å². The van der Waals surface area contributed by atoms with Gasteiger partial charge in [0.2, 0.25) is 11.8 Å². The summed E-state index contributed by atoms with van der Waals surface area (Å²) < 4.78 is 13.3. The van der Waals surface area contributed by atoms with Crippen LogP contribution in [-0.4, -0.2) is 71.6 Å². The number of hydrogen-bond acceptors (Lipinski definition) is 6. The highest BCUT2D eigenvalue weighted by molar-refractivity contribution is 5.91. The van der Waals surface area contributed by atoms with Crippen molar-refractivity contribution in [1.29, 1.82) is 0 Å². The zero-order chi connectivity index (χ0) is 29.0. The lowest BCUT2D eigenvalue weighted by Crippen LogP contribution is -2.50. The van der Waals surface area contributed by atoms with Gasteiger partial charge >= 0.3 is 5.97 Å². The molecular formula is C31H39N3O7. The van der Waals surface area contributed by atoms with Crippen molar-refractivity contribution in [1.82, 2.24) is 15.2 Å². The highest BCUT2D eigenvalue weighted by Gasteiger charge is 2.28. The predicted molar refractivity (Wildman–Crippen MR) is 154 cm³/mol. The Morgan fingerprint density at radius 1 is 1.12 bits per heavy atom. The molecule has 0 spiro atoms. The first kappa shape index (κ1) is 30.1. The Morgan fingerprint density at radius 3 is 2.71 bits per heavy atom. The number of carbonyl (C=O) groups excluding carboxylic acids is 2. The molecular weight excluding hydrogens is 526 g/mol. The Bertz CT molecular complexity index is 1300. The first-order valence-corrected chi connectivity index (χ1v) is 14.2. The lowest BCUT2D eigenvalue weighted by atomic mass is 9.94. The molecule has 1 aliphatic heterocycles. The number of benzene rings is 2. The van der Waals surface area contributed by atoms with Crippen LogP contribution in [0.2, 0.25) is 0 Å². The van der Waals surface area contributed by atoms with Crippen LogP contribution in [0.15, 0.2) is 54.7 Å². The predicted octanol–water partition coefficient (Wildman–Crippen LogP) is 2.69. The number of carbonyl (C=O) groups is 3. The number of aliphatic carboxylic acids is 1. The first-order chi connectivity index (χ1) is 19.9. The molecule has 2 bridgehead atoms. The van der Waals surface area contributed by atoms with Crippen molar-refractivity contribution in [3.05, 3.63) is 65.9 Å². The number of aryl methyl sites for hydroxylation is 1. The molecule has 41 heavy (non-hydrogen) atoms. The van der Waals surface area contributed by atoms with Crippen LogP contribution >= 0.6 is 0 Å². The molecule has 1 unspecified atom stereocenters. The molecule has 10 heteroatoms. The molecule has 0 saturated carbocycles. The van der Waals surface area contributed by atoms with Crippen LogP contribution in [0.4, 0.5) is 0 Å². The summed E-state index contributed by atoms with van der Waals surface area (Å²) in [5.41, 5.74) is 3.01. The summed E-state index contributed by atoms with van der Waals surface area (Å²) >= 11 is 0. The van der Waals surface area contributed by atoms with Crippen molar-refractivity contribution in [2.45, 2.75) is 51.1 Å². The minimum Gasteiger partial charge on any atom is -0.494 e. The van der Waals surface area contributed by atoms with E-state index in [4.69, 9.17) is 14.6 Å². The maximum Gasteiger partial charge on any atom is 0.304 e. The SMILES string of the molecule is O=C(O)C[C@@H](CCCc1ccc(OCCCO)cc1)C(=O)NC1Cc2cn(c3ccccc23)CCOCCNC1=O.